The van der Waals surface area contributed by atoms with Crippen molar-refractivity contribution in [3.63, 3.8) is 0 Å². The lowest BCUT2D eigenvalue weighted by atomic mass is 10.2. The lowest BCUT2D eigenvalue weighted by Crippen LogP contribution is -2.29. The molecule has 2 heterocycles. The van der Waals surface area contributed by atoms with Crippen LogP contribution in [0.15, 0.2) is 0 Å². The van der Waals surface area contributed by atoms with E-state index in [2.05, 4.69) is 0 Å². The van der Waals surface area contributed by atoms with Gasteiger partial charge in [-0.2, -0.15) is 0 Å². The second kappa shape index (κ2) is 3.10. The molecule has 0 amide bonds. The van der Waals surface area contributed by atoms with Crippen LogP contribution in [-0.4, -0.2) is 35.5 Å². The number of esters is 1. The van der Waals surface area contributed by atoms with Gasteiger partial charge in [0.05, 0.1) is 0 Å². The zero-order valence-electron chi connectivity index (χ0n) is 6.89. The van der Waals surface area contributed by atoms with Gasteiger partial charge in [0.15, 0.2) is 17.6 Å². The molecular formula is C7H8O5S. The normalized spacial score (nSPS) is 36.4. The van der Waals surface area contributed by atoms with Gasteiger partial charge in [0.2, 0.25) is 0 Å². The first-order valence-corrected chi connectivity index (χ1v) is 4.88. The van der Waals surface area contributed by atoms with Crippen LogP contribution >= 0.6 is 11.8 Å². The van der Waals surface area contributed by atoms with Crippen molar-refractivity contribution in [1.82, 2.24) is 0 Å². The smallest absolute Gasteiger partial charge is 0.447 e. The van der Waals surface area contributed by atoms with Crippen molar-refractivity contribution in [2.24, 2.45) is 0 Å². The van der Waals surface area contributed by atoms with Gasteiger partial charge in [-0.05, 0) is 0 Å². The summed E-state index contributed by atoms with van der Waals surface area (Å²) in [7, 11) is 0. The Balaban J connectivity index is 2.00. The molecule has 6 heteroatoms. The van der Waals surface area contributed by atoms with Crippen LogP contribution in [0.3, 0.4) is 0 Å². The Kier molecular flexibility index (Phi) is 2.07. The van der Waals surface area contributed by atoms with Gasteiger partial charge in [-0.1, -0.05) is 0 Å². The molecule has 2 aliphatic heterocycles. The van der Waals surface area contributed by atoms with Crippen molar-refractivity contribution in [3.8, 4) is 0 Å². The highest BCUT2D eigenvalue weighted by atomic mass is 32.2. The molecule has 2 rings (SSSR count). The zero-order chi connectivity index (χ0) is 9.42. The minimum atomic E-state index is -0.674. The Morgan fingerprint density at radius 2 is 2.38 bits per heavy atom. The predicted molar refractivity (Wildman–Crippen MR) is 43.2 cm³/mol. The molecule has 0 N–H and O–H groups in total. The Labute approximate surface area is 78.7 Å². The summed E-state index contributed by atoms with van der Waals surface area (Å²) in [4.78, 5) is 21.3. The molecule has 0 aromatic carbocycles. The van der Waals surface area contributed by atoms with Gasteiger partial charge >= 0.3 is 12.1 Å². The number of carbonyl (C=O) groups is 2. The average molecular weight is 204 g/mol. The largest absolute Gasteiger partial charge is 0.509 e. The molecular weight excluding hydrogens is 196 g/mol. The Bertz CT molecular complexity index is 253. The van der Waals surface area contributed by atoms with Gasteiger partial charge < -0.3 is 14.2 Å². The second-order valence-corrected chi connectivity index (χ2v) is 3.93. The monoisotopic (exact) mass is 204 g/mol. The van der Waals surface area contributed by atoms with Crippen molar-refractivity contribution < 1.29 is 23.8 Å². The minimum absolute atomic E-state index is 0.262. The summed E-state index contributed by atoms with van der Waals surface area (Å²) < 4.78 is 14.6. The third-order valence-corrected chi connectivity index (χ3v) is 3.04. The summed E-state index contributed by atoms with van der Waals surface area (Å²) in [5.74, 6) is 0.245. The average Bonchev–Trinajstić information content (AvgIpc) is 2.51. The van der Waals surface area contributed by atoms with Crippen LogP contribution in [0.1, 0.15) is 6.92 Å². The van der Waals surface area contributed by atoms with Gasteiger partial charge in [0.1, 0.15) is 0 Å². The number of hydrogen-bond donors (Lipinski definition) is 0. The minimum Gasteiger partial charge on any atom is -0.447 e. The molecule has 72 valence electrons. The number of carbonyl (C=O) groups excluding carboxylic acids is 2. The Hall–Kier alpha value is -0.910. The van der Waals surface area contributed by atoms with E-state index >= 15 is 0 Å². The third kappa shape index (κ3) is 1.58. The third-order valence-electron chi connectivity index (χ3n) is 1.82. The van der Waals surface area contributed by atoms with Crippen molar-refractivity contribution in [2.45, 2.75) is 24.6 Å². The topological polar surface area (TPSA) is 61.8 Å². The predicted octanol–water partition coefficient (Wildman–Crippen LogP) is 0.526. The highest BCUT2D eigenvalue weighted by molar-refractivity contribution is 8.00. The van der Waals surface area contributed by atoms with E-state index in [-0.39, 0.29) is 12.1 Å². The molecule has 0 spiro atoms. The van der Waals surface area contributed by atoms with E-state index in [0.29, 0.717) is 5.75 Å². The number of hydrogen-bond acceptors (Lipinski definition) is 6. The molecule has 0 aromatic rings. The molecule has 2 saturated heterocycles. The molecule has 2 fully saturated rings. The van der Waals surface area contributed by atoms with Crippen LogP contribution in [0.2, 0.25) is 0 Å². The first kappa shape index (κ1) is 8.68. The first-order valence-electron chi connectivity index (χ1n) is 3.83. The Morgan fingerprint density at radius 1 is 1.62 bits per heavy atom. The zero-order valence-corrected chi connectivity index (χ0v) is 7.71. The van der Waals surface area contributed by atoms with Crippen LogP contribution in [-0.2, 0) is 19.0 Å². The molecule has 2 aliphatic rings. The van der Waals surface area contributed by atoms with Gasteiger partial charge in [-0.15, -0.1) is 11.8 Å². The van der Waals surface area contributed by atoms with E-state index in [1.165, 1.54) is 18.7 Å². The first-order chi connectivity index (χ1) is 6.16. The van der Waals surface area contributed by atoms with Gasteiger partial charge in [0.25, 0.3) is 0 Å². The van der Waals surface area contributed by atoms with Gasteiger partial charge in [-0.25, -0.2) is 4.79 Å². The summed E-state index contributed by atoms with van der Waals surface area (Å²) in [5.41, 5.74) is -0.408. The van der Waals surface area contributed by atoms with Crippen LogP contribution in [0.4, 0.5) is 4.79 Å². The van der Waals surface area contributed by atoms with Crippen LogP contribution < -0.4 is 0 Å². The van der Waals surface area contributed by atoms with E-state index in [1.807, 2.05) is 0 Å². The summed E-state index contributed by atoms with van der Waals surface area (Å²) in [5, 5.41) is 0. The fourth-order valence-corrected chi connectivity index (χ4v) is 2.58. The maximum Gasteiger partial charge on any atom is 0.509 e. The van der Waals surface area contributed by atoms with E-state index in [4.69, 9.17) is 14.2 Å². The summed E-state index contributed by atoms with van der Waals surface area (Å²) in [6, 6.07) is 0. The molecule has 0 aliphatic carbocycles. The highest BCUT2D eigenvalue weighted by Crippen LogP contribution is 2.36. The van der Waals surface area contributed by atoms with E-state index < -0.39 is 17.7 Å². The van der Waals surface area contributed by atoms with E-state index in [0.717, 1.165) is 0 Å². The molecule has 0 unspecified atom stereocenters. The molecule has 13 heavy (non-hydrogen) atoms. The lowest BCUT2D eigenvalue weighted by molar-refractivity contribution is -0.145. The second-order valence-electron chi connectivity index (χ2n) is 2.80. The molecule has 0 bridgehead atoms. The van der Waals surface area contributed by atoms with Crippen molar-refractivity contribution >= 4 is 23.9 Å². The molecule has 5 nitrogen and oxygen atoms in total. The maximum absolute atomic E-state index is 10.7. The lowest BCUT2D eigenvalue weighted by Gasteiger charge is -2.13. The van der Waals surface area contributed by atoms with Crippen LogP contribution in [0.25, 0.3) is 0 Å². The summed E-state index contributed by atoms with van der Waals surface area (Å²) in [6.45, 7) is 1.32. The molecule has 0 saturated carbocycles. The molecule has 0 radical (unpaired) electrons. The molecule has 3 atom stereocenters. The number of fused-ring (bicyclic) bond motifs is 1. The van der Waals surface area contributed by atoms with Gasteiger partial charge in [0, 0.05) is 12.7 Å². The van der Waals surface area contributed by atoms with Gasteiger partial charge in [-0.3, -0.25) is 4.79 Å². The quantitative estimate of drug-likeness (QED) is 0.580. The highest BCUT2D eigenvalue weighted by Gasteiger charge is 2.49. The standard InChI is InChI=1S/C7H8O5S/c1-3(8)10-6-5-4(2-13-6)11-7(9)12-5/h4-6H,2H2,1H3/t4-,5-,6+/m1/s1. The van der Waals surface area contributed by atoms with Crippen molar-refractivity contribution in [2.75, 3.05) is 5.75 Å². The maximum atomic E-state index is 10.7. The van der Waals surface area contributed by atoms with Crippen molar-refractivity contribution in [1.29, 1.82) is 0 Å². The van der Waals surface area contributed by atoms with Crippen LogP contribution in [0.5, 0.6) is 0 Å². The van der Waals surface area contributed by atoms with Crippen LogP contribution in [0, 0.1) is 0 Å². The Morgan fingerprint density at radius 3 is 3.08 bits per heavy atom. The number of thioether (sulfide) groups is 1. The number of ether oxygens (including phenoxy) is 3. The van der Waals surface area contributed by atoms with Crippen molar-refractivity contribution in [3.05, 3.63) is 0 Å². The fraction of sp³-hybridized carbons (Fsp3) is 0.714. The summed E-state index contributed by atoms with van der Waals surface area (Å²) >= 11 is 1.42. The fourth-order valence-electron chi connectivity index (χ4n) is 1.31. The SMILES string of the molecule is CC(=O)O[C@H]1SC[C@H]2OC(=O)O[C@H]21. The summed E-state index contributed by atoms with van der Waals surface area (Å²) in [6.07, 6.45) is -1.37. The van der Waals surface area contributed by atoms with E-state index in [1.54, 1.807) is 0 Å². The number of rotatable bonds is 1. The van der Waals surface area contributed by atoms with E-state index in [9.17, 15) is 9.59 Å². The molecule has 0 aromatic heterocycles.